The molecule has 0 bridgehead atoms. The quantitative estimate of drug-likeness (QED) is 0.909. The lowest BCUT2D eigenvalue weighted by Gasteiger charge is -2.41. The molecule has 2 rings (SSSR count). The molecule has 0 aromatic carbocycles. The summed E-state index contributed by atoms with van der Waals surface area (Å²) < 4.78 is 2.11. The second kappa shape index (κ2) is 6.72. The first-order chi connectivity index (χ1) is 9.62. The lowest BCUT2D eigenvalue weighted by molar-refractivity contribution is 0.377. The van der Waals surface area contributed by atoms with Gasteiger partial charge in [0.05, 0.1) is 11.9 Å². The van der Waals surface area contributed by atoms with Gasteiger partial charge < -0.3 is 10.2 Å². The molecule has 0 spiro atoms. The van der Waals surface area contributed by atoms with Crippen molar-refractivity contribution in [1.29, 1.82) is 0 Å². The van der Waals surface area contributed by atoms with E-state index in [1.807, 2.05) is 13.1 Å². The Hall–Kier alpha value is -0.880. The van der Waals surface area contributed by atoms with Gasteiger partial charge in [-0.05, 0) is 35.7 Å². The van der Waals surface area contributed by atoms with Crippen molar-refractivity contribution in [2.75, 3.05) is 18.0 Å². The van der Waals surface area contributed by atoms with E-state index in [2.05, 4.69) is 45.1 Å². The molecule has 1 saturated heterocycles. The Balaban J connectivity index is 2.37. The lowest BCUT2D eigenvalue weighted by Crippen LogP contribution is -2.56. The third-order valence-corrected chi connectivity index (χ3v) is 4.78. The van der Waals surface area contributed by atoms with Crippen molar-refractivity contribution in [2.24, 2.45) is 0 Å². The average Bonchev–Trinajstić information content (AvgIpc) is 2.49. The fraction of sp³-hybridized carbons (Fsp3) is 0.714. The van der Waals surface area contributed by atoms with Gasteiger partial charge in [-0.25, -0.2) is 4.68 Å². The Morgan fingerprint density at radius 1 is 1.40 bits per heavy atom. The molecule has 5 nitrogen and oxygen atoms in total. The molecule has 0 radical (unpaired) electrons. The Bertz CT molecular complexity index is 516. The first-order valence-electron chi connectivity index (χ1n) is 7.37. The van der Waals surface area contributed by atoms with Crippen molar-refractivity contribution in [1.82, 2.24) is 15.1 Å². The molecular formula is C14H23BrN4O. The van der Waals surface area contributed by atoms with Gasteiger partial charge in [0.15, 0.2) is 0 Å². The number of nitrogens with one attached hydrogen (secondary N) is 1. The zero-order chi connectivity index (χ0) is 14.7. The van der Waals surface area contributed by atoms with E-state index in [0.717, 1.165) is 31.6 Å². The fourth-order valence-corrected chi connectivity index (χ4v) is 3.21. The van der Waals surface area contributed by atoms with E-state index in [0.29, 0.717) is 23.1 Å². The number of hydrogen-bond donors (Lipinski definition) is 1. The van der Waals surface area contributed by atoms with Gasteiger partial charge in [-0.2, -0.15) is 5.10 Å². The van der Waals surface area contributed by atoms with Gasteiger partial charge in [0.2, 0.25) is 0 Å². The van der Waals surface area contributed by atoms with Gasteiger partial charge in [-0.3, -0.25) is 4.79 Å². The molecule has 0 aliphatic carbocycles. The van der Waals surface area contributed by atoms with E-state index >= 15 is 0 Å². The van der Waals surface area contributed by atoms with Crippen LogP contribution in [-0.2, 0) is 6.54 Å². The molecule has 1 aromatic rings. The molecule has 1 N–H and O–H groups in total. The molecule has 1 aliphatic heterocycles. The molecule has 20 heavy (non-hydrogen) atoms. The maximum absolute atomic E-state index is 12.2. The molecule has 1 fully saturated rings. The predicted molar refractivity (Wildman–Crippen MR) is 85.4 cm³/mol. The lowest BCUT2D eigenvalue weighted by atomic mass is 10.0. The zero-order valence-electron chi connectivity index (χ0n) is 12.4. The van der Waals surface area contributed by atoms with E-state index in [4.69, 9.17) is 0 Å². The summed E-state index contributed by atoms with van der Waals surface area (Å²) in [5, 5.41) is 7.83. The molecule has 0 saturated carbocycles. The number of nitrogens with zero attached hydrogens (tertiary/aromatic N) is 3. The number of aryl methyl sites for hydroxylation is 1. The minimum absolute atomic E-state index is 0.0496. The van der Waals surface area contributed by atoms with Crippen LogP contribution in [0.1, 0.15) is 33.6 Å². The summed E-state index contributed by atoms with van der Waals surface area (Å²) in [5.74, 6) is 0. The minimum Gasteiger partial charge on any atom is -0.363 e. The predicted octanol–water partition coefficient (Wildman–Crippen LogP) is 1.99. The highest BCUT2D eigenvalue weighted by molar-refractivity contribution is 9.10. The molecule has 2 atom stereocenters. The van der Waals surface area contributed by atoms with Crippen LogP contribution in [0.4, 0.5) is 5.69 Å². The largest absolute Gasteiger partial charge is 0.363 e. The fourth-order valence-electron chi connectivity index (χ4n) is 2.68. The summed E-state index contributed by atoms with van der Waals surface area (Å²) >= 11 is 3.47. The second-order valence-electron chi connectivity index (χ2n) is 5.19. The maximum Gasteiger partial charge on any atom is 0.283 e. The van der Waals surface area contributed by atoms with Crippen LogP contribution < -0.4 is 15.8 Å². The summed E-state index contributed by atoms with van der Waals surface area (Å²) in [6.45, 7) is 8.76. The Kier molecular flexibility index (Phi) is 5.21. The summed E-state index contributed by atoms with van der Waals surface area (Å²) in [6.07, 6.45) is 3.95. The van der Waals surface area contributed by atoms with Gasteiger partial charge in [0.1, 0.15) is 4.47 Å². The summed E-state index contributed by atoms with van der Waals surface area (Å²) in [4.78, 5) is 14.5. The normalized spacial score (nSPS) is 23.1. The van der Waals surface area contributed by atoms with Crippen molar-refractivity contribution in [2.45, 2.75) is 52.2 Å². The van der Waals surface area contributed by atoms with Crippen LogP contribution in [0, 0.1) is 0 Å². The third kappa shape index (κ3) is 2.91. The summed E-state index contributed by atoms with van der Waals surface area (Å²) in [7, 11) is 0. The van der Waals surface area contributed by atoms with Crippen LogP contribution in [0.2, 0.25) is 0 Å². The van der Waals surface area contributed by atoms with Gasteiger partial charge in [0.25, 0.3) is 5.56 Å². The third-order valence-electron chi connectivity index (χ3n) is 4.04. The molecule has 2 unspecified atom stereocenters. The molecule has 1 aliphatic rings. The van der Waals surface area contributed by atoms with Crippen LogP contribution in [0.5, 0.6) is 0 Å². The highest BCUT2D eigenvalue weighted by atomic mass is 79.9. The smallest absolute Gasteiger partial charge is 0.283 e. The van der Waals surface area contributed by atoms with Crippen molar-refractivity contribution < 1.29 is 0 Å². The molecule has 6 heteroatoms. The molecule has 0 amide bonds. The van der Waals surface area contributed by atoms with Crippen LogP contribution in [-0.4, -0.2) is 35.0 Å². The number of piperazine rings is 1. The molecular weight excluding hydrogens is 320 g/mol. The second-order valence-corrected chi connectivity index (χ2v) is 5.99. The monoisotopic (exact) mass is 342 g/mol. The van der Waals surface area contributed by atoms with Crippen LogP contribution in [0.15, 0.2) is 15.5 Å². The molecule has 1 aromatic heterocycles. The SMILES string of the molecule is CCC1CN(c2cnn(CC)c(=O)c2Br)C(CC)CN1. The number of anilines is 1. The maximum atomic E-state index is 12.2. The van der Waals surface area contributed by atoms with Gasteiger partial charge >= 0.3 is 0 Å². The molecule has 112 valence electrons. The number of halogens is 1. The highest BCUT2D eigenvalue weighted by Crippen LogP contribution is 2.26. The Morgan fingerprint density at radius 3 is 2.75 bits per heavy atom. The average molecular weight is 343 g/mol. The van der Waals surface area contributed by atoms with E-state index in [1.54, 1.807) is 0 Å². The van der Waals surface area contributed by atoms with E-state index in [1.165, 1.54) is 4.68 Å². The van der Waals surface area contributed by atoms with Crippen LogP contribution >= 0.6 is 15.9 Å². The van der Waals surface area contributed by atoms with Crippen molar-refractivity contribution in [3.05, 3.63) is 21.0 Å². The van der Waals surface area contributed by atoms with Crippen molar-refractivity contribution in [3.63, 3.8) is 0 Å². The van der Waals surface area contributed by atoms with Gasteiger partial charge in [-0.1, -0.05) is 13.8 Å². The standard InChI is InChI=1S/C14H23BrN4O/c1-4-10-9-18(11(5-2)7-16-10)12-8-17-19(6-3)14(20)13(12)15/h8,10-11,16H,4-7,9H2,1-3H3. The van der Waals surface area contributed by atoms with Gasteiger partial charge in [-0.15, -0.1) is 0 Å². The van der Waals surface area contributed by atoms with Gasteiger partial charge in [0, 0.05) is 31.7 Å². The topological polar surface area (TPSA) is 50.2 Å². The van der Waals surface area contributed by atoms with Crippen LogP contribution in [0.3, 0.4) is 0 Å². The summed E-state index contributed by atoms with van der Waals surface area (Å²) in [6, 6.07) is 0.881. The van der Waals surface area contributed by atoms with E-state index in [9.17, 15) is 4.79 Å². The number of aromatic nitrogens is 2. The highest BCUT2D eigenvalue weighted by Gasteiger charge is 2.28. The minimum atomic E-state index is -0.0496. The first-order valence-corrected chi connectivity index (χ1v) is 8.17. The summed E-state index contributed by atoms with van der Waals surface area (Å²) in [5.41, 5.74) is 0.873. The first kappa shape index (κ1) is 15.5. The number of hydrogen-bond acceptors (Lipinski definition) is 4. The zero-order valence-corrected chi connectivity index (χ0v) is 14.0. The molecule has 2 heterocycles. The Labute approximate surface area is 128 Å². The van der Waals surface area contributed by atoms with Crippen molar-refractivity contribution in [3.8, 4) is 0 Å². The Morgan fingerprint density at radius 2 is 2.15 bits per heavy atom. The van der Waals surface area contributed by atoms with E-state index in [-0.39, 0.29) is 5.56 Å². The van der Waals surface area contributed by atoms with Crippen LogP contribution in [0.25, 0.3) is 0 Å². The van der Waals surface area contributed by atoms with Crippen molar-refractivity contribution >= 4 is 21.6 Å². The van der Waals surface area contributed by atoms with E-state index < -0.39 is 0 Å². The number of rotatable bonds is 4.